The summed E-state index contributed by atoms with van der Waals surface area (Å²) in [5, 5.41) is 2.11. The van der Waals surface area contributed by atoms with Gasteiger partial charge in [0, 0.05) is 32.4 Å². The molecule has 27 heavy (non-hydrogen) atoms. The number of carbonyl (C=O) groups excluding carboxylic acids is 5. The fraction of sp³-hybridized carbons (Fsp3) is 0.389. The van der Waals surface area contributed by atoms with Crippen LogP contribution in [-0.4, -0.2) is 53.4 Å². The summed E-state index contributed by atoms with van der Waals surface area (Å²) in [6.07, 6.45) is 0.655. The average molecular weight is 373 g/mol. The molecular weight excluding hydrogens is 357 g/mol. The number of imide groups is 2. The highest BCUT2D eigenvalue weighted by atomic mass is 19.1. The summed E-state index contributed by atoms with van der Waals surface area (Å²) in [6.45, 7) is 0.682. The number of fused-ring (bicyclic) bond motifs is 1. The van der Waals surface area contributed by atoms with Crippen molar-refractivity contribution in [2.75, 3.05) is 18.0 Å². The molecule has 2 saturated heterocycles. The molecule has 1 unspecified atom stereocenters. The molecule has 2 fully saturated rings. The lowest BCUT2D eigenvalue weighted by molar-refractivity contribution is -0.136. The molecule has 3 heterocycles. The Hall–Kier alpha value is -3.10. The molecular formula is C18H16FN3O5. The van der Waals surface area contributed by atoms with E-state index in [9.17, 15) is 28.4 Å². The monoisotopic (exact) mass is 373 g/mol. The van der Waals surface area contributed by atoms with Gasteiger partial charge >= 0.3 is 0 Å². The standard InChI is InChI=1S/C18H16FN3O5/c19-12-7-10-11(8-14(12)21-5-3-9(23)4-6-21)18(27)22(17(10)26)13-1-2-15(24)20-16(13)25/h7-8,13H,1-6H2,(H,20,24,25). The summed E-state index contributed by atoms with van der Waals surface area (Å²) < 4.78 is 14.6. The molecule has 1 aromatic rings. The molecule has 3 aliphatic rings. The highest BCUT2D eigenvalue weighted by Crippen LogP contribution is 2.33. The summed E-state index contributed by atoms with van der Waals surface area (Å²) >= 11 is 0. The van der Waals surface area contributed by atoms with Gasteiger partial charge in [-0.25, -0.2) is 4.39 Å². The number of halogens is 1. The first-order valence-corrected chi connectivity index (χ1v) is 8.68. The smallest absolute Gasteiger partial charge is 0.262 e. The molecule has 0 aromatic heterocycles. The van der Waals surface area contributed by atoms with Gasteiger partial charge in [0.25, 0.3) is 11.8 Å². The Morgan fingerprint density at radius 2 is 1.56 bits per heavy atom. The largest absolute Gasteiger partial charge is 0.368 e. The number of ketones is 1. The van der Waals surface area contributed by atoms with E-state index in [0.717, 1.165) is 11.0 Å². The Labute approximate surface area is 153 Å². The normalized spacial score (nSPS) is 23.0. The lowest BCUT2D eigenvalue weighted by Gasteiger charge is -2.28. The van der Waals surface area contributed by atoms with Crippen LogP contribution in [0.3, 0.4) is 0 Å². The molecule has 0 spiro atoms. The number of rotatable bonds is 2. The van der Waals surface area contributed by atoms with E-state index in [1.54, 1.807) is 4.90 Å². The van der Waals surface area contributed by atoms with Gasteiger partial charge in [-0.05, 0) is 18.6 Å². The number of nitrogens with zero attached hydrogens (tertiary/aromatic N) is 2. The molecule has 4 rings (SSSR count). The van der Waals surface area contributed by atoms with E-state index in [-0.39, 0.29) is 35.4 Å². The molecule has 1 atom stereocenters. The van der Waals surface area contributed by atoms with E-state index in [2.05, 4.69) is 5.32 Å². The summed E-state index contributed by atoms with van der Waals surface area (Å²) in [5.41, 5.74) is 0.0876. The quantitative estimate of drug-likeness (QED) is 0.753. The van der Waals surface area contributed by atoms with Crippen LogP contribution in [0.1, 0.15) is 46.4 Å². The molecule has 1 aromatic carbocycles. The van der Waals surface area contributed by atoms with E-state index in [1.807, 2.05) is 0 Å². The highest BCUT2D eigenvalue weighted by molar-refractivity contribution is 6.23. The minimum Gasteiger partial charge on any atom is -0.368 e. The minimum atomic E-state index is -1.09. The molecule has 8 nitrogen and oxygen atoms in total. The van der Waals surface area contributed by atoms with Gasteiger partial charge in [0.2, 0.25) is 11.8 Å². The van der Waals surface area contributed by atoms with Gasteiger partial charge in [-0.15, -0.1) is 0 Å². The number of benzene rings is 1. The molecule has 0 radical (unpaired) electrons. The van der Waals surface area contributed by atoms with Crippen molar-refractivity contribution in [3.8, 4) is 0 Å². The summed E-state index contributed by atoms with van der Waals surface area (Å²) in [4.78, 5) is 62.6. The second-order valence-electron chi connectivity index (χ2n) is 6.82. The third-order valence-corrected chi connectivity index (χ3v) is 5.17. The molecule has 9 heteroatoms. The predicted octanol–water partition coefficient (Wildman–Crippen LogP) is 0.396. The zero-order chi connectivity index (χ0) is 19.3. The third-order valence-electron chi connectivity index (χ3n) is 5.17. The van der Waals surface area contributed by atoms with Gasteiger partial charge in [0.1, 0.15) is 17.6 Å². The van der Waals surface area contributed by atoms with Crippen LogP contribution in [0.2, 0.25) is 0 Å². The van der Waals surface area contributed by atoms with Gasteiger partial charge < -0.3 is 4.90 Å². The van der Waals surface area contributed by atoms with Crippen LogP contribution in [0, 0.1) is 5.82 Å². The Morgan fingerprint density at radius 1 is 0.926 bits per heavy atom. The van der Waals surface area contributed by atoms with E-state index in [1.165, 1.54) is 6.07 Å². The lowest BCUT2D eigenvalue weighted by atomic mass is 10.0. The van der Waals surface area contributed by atoms with Gasteiger partial charge in [-0.3, -0.25) is 34.2 Å². The molecule has 0 bridgehead atoms. The lowest BCUT2D eigenvalue weighted by Crippen LogP contribution is -2.54. The maximum Gasteiger partial charge on any atom is 0.262 e. The Bertz CT molecular complexity index is 903. The zero-order valence-electron chi connectivity index (χ0n) is 14.3. The maximum absolute atomic E-state index is 14.6. The molecule has 1 N–H and O–H groups in total. The fourth-order valence-corrected chi connectivity index (χ4v) is 3.72. The van der Waals surface area contributed by atoms with Crippen molar-refractivity contribution in [2.24, 2.45) is 0 Å². The van der Waals surface area contributed by atoms with Crippen molar-refractivity contribution in [1.82, 2.24) is 10.2 Å². The van der Waals surface area contributed by atoms with E-state index in [4.69, 9.17) is 0 Å². The minimum absolute atomic E-state index is 0.0191. The molecule has 140 valence electrons. The van der Waals surface area contributed by atoms with Crippen LogP contribution in [0.25, 0.3) is 0 Å². The van der Waals surface area contributed by atoms with Gasteiger partial charge in [0.15, 0.2) is 0 Å². The number of carbonyl (C=O) groups is 5. The summed E-state index contributed by atoms with van der Waals surface area (Å²) in [7, 11) is 0. The Morgan fingerprint density at radius 3 is 2.19 bits per heavy atom. The second-order valence-corrected chi connectivity index (χ2v) is 6.82. The number of hydrogen-bond donors (Lipinski definition) is 1. The Balaban J connectivity index is 1.66. The number of hydrogen-bond acceptors (Lipinski definition) is 6. The van der Waals surface area contributed by atoms with Crippen LogP contribution < -0.4 is 10.2 Å². The van der Waals surface area contributed by atoms with Crippen molar-refractivity contribution in [2.45, 2.75) is 31.7 Å². The number of Topliss-reactive ketones (excluding diaryl/α,β-unsaturated/α-hetero) is 1. The van der Waals surface area contributed by atoms with Gasteiger partial charge in [0.05, 0.1) is 16.8 Å². The van der Waals surface area contributed by atoms with Crippen LogP contribution >= 0.6 is 0 Å². The van der Waals surface area contributed by atoms with E-state index < -0.39 is 35.5 Å². The Kier molecular flexibility index (Phi) is 4.01. The fourth-order valence-electron chi connectivity index (χ4n) is 3.72. The first-order valence-electron chi connectivity index (χ1n) is 8.68. The predicted molar refractivity (Wildman–Crippen MR) is 89.5 cm³/mol. The first-order chi connectivity index (χ1) is 12.9. The second kappa shape index (κ2) is 6.26. The average Bonchev–Trinajstić information content (AvgIpc) is 2.86. The van der Waals surface area contributed by atoms with E-state index >= 15 is 0 Å². The van der Waals surface area contributed by atoms with E-state index in [0.29, 0.717) is 25.9 Å². The van der Waals surface area contributed by atoms with Crippen LogP contribution in [0.5, 0.6) is 0 Å². The zero-order valence-corrected chi connectivity index (χ0v) is 14.3. The van der Waals surface area contributed by atoms with Gasteiger partial charge in [-0.1, -0.05) is 0 Å². The third kappa shape index (κ3) is 2.79. The highest BCUT2D eigenvalue weighted by Gasteiger charge is 2.45. The van der Waals surface area contributed by atoms with Crippen LogP contribution in [0.15, 0.2) is 12.1 Å². The first kappa shape index (κ1) is 17.3. The number of amides is 4. The number of piperidine rings is 2. The SMILES string of the molecule is O=C1CCN(c2cc3c(cc2F)C(=O)N(C2CCC(=O)NC2=O)C3=O)CC1. The summed E-state index contributed by atoms with van der Waals surface area (Å²) in [6, 6.07) is 1.23. The maximum atomic E-state index is 14.6. The van der Waals surface area contributed by atoms with Crippen molar-refractivity contribution in [3.05, 3.63) is 29.1 Å². The van der Waals surface area contributed by atoms with Crippen molar-refractivity contribution in [1.29, 1.82) is 0 Å². The van der Waals surface area contributed by atoms with Gasteiger partial charge in [-0.2, -0.15) is 0 Å². The van der Waals surface area contributed by atoms with Crippen molar-refractivity contribution in [3.63, 3.8) is 0 Å². The topological polar surface area (TPSA) is 104 Å². The summed E-state index contributed by atoms with van der Waals surface area (Å²) in [5.74, 6) is -3.16. The molecule has 4 amide bonds. The number of nitrogens with one attached hydrogen (secondary N) is 1. The van der Waals surface area contributed by atoms with Crippen LogP contribution in [0.4, 0.5) is 10.1 Å². The molecule has 0 saturated carbocycles. The molecule has 3 aliphatic heterocycles. The van der Waals surface area contributed by atoms with Crippen molar-refractivity contribution >= 4 is 35.1 Å². The number of anilines is 1. The van der Waals surface area contributed by atoms with Crippen LogP contribution in [-0.2, 0) is 14.4 Å². The molecule has 0 aliphatic carbocycles. The van der Waals surface area contributed by atoms with Crippen molar-refractivity contribution < 1.29 is 28.4 Å².